The van der Waals surface area contributed by atoms with Crippen LogP contribution in [0.5, 0.6) is 0 Å². The van der Waals surface area contributed by atoms with Crippen LogP contribution in [0.1, 0.15) is 37.7 Å². The molecule has 5 nitrogen and oxygen atoms in total. The summed E-state index contributed by atoms with van der Waals surface area (Å²) < 4.78 is 10.8. The van der Waals surface area contributed by atoms with Crippen molar-refractivity contribution in [3.63, 3.8) is 0 Å². The molecule has 3 rings (SSSR count). The van der Waals surface area contributed by atoms with E-state index in [1.807, 2.05) is 7.05 Å². The normalized spacial score (nSPS) is 22.4. The van der Waals surface area contributed by atoms with Gasteiger partial charge in [0.25, 0.3) is 0 Å². The molecule has 1 aliphatic carbocycles. The molecule has 5 heteroatoms. The van der Waals surface area contributed by atoms with Crippen LogP contribution in [0.3, 0.4) is 0 Å². The van der Waals surface area contributed by atoms with E-state index in [1.54, 1.807) is 7.11 Å². The summed E-state index contributed by atoms with van der Waals surface area (Å²) in [5.41, 5.74) is 1.72. The number of hydrogen-bond donors (Lipinski definition) is 1. The zero-order valence-electron chi connectivity index (χ0n) is 17.0. The van der Waals surface area contributed by atoms with Gasteiger partial charge in [-0.25, -0.2) is 0 Å². The third kappa shape index (κ3) is 5.23. The largest absolute Gasteiger partial charge is 0.382 e. The zero-order valence-corrected chi connectivity index (χ0v) is 17.0. The van der Waals surface area contributed by atoms with Gasteiger partial charge in [-0.15, -0.1) is 0 Å². The number of methoxy groups -OCH3 is 1. The fourth-order valence-corrected chi connectivity index (χ4v) is 4.54. The molecule has 1 saturated heterocycles. The average molecular weight is 374 g/mol. The predicted octanol–water partition coefficient (Wildman–Crippen LogP) is 3.06. The molecule has 150 valence electrons. The fourth-order valence-electron chi connectivity index (χ4n) is 4.54. The Balaban J connectivity index is 1.53. The molecule has 1 heterocycles. The molecule has 0 bridgehead atoms. The molecule has 2 aliphatic rings. The second kappa shape index (κ2) is 10.1. The van der Waals surface area contributed by atoms with Crippen LogP contribution in [0.2, 0.25) is 0 Å². The van der Waals surface area contributed by atoms with Crippen LogP contribution in [-0.4, -0.2) is 64.5 Å². The number of guanidine groups is 1. The third-order valence-electron chi connectivity index (χ3n) is 6.11. The van der Waals surface area contributed by atoms with E-state index < -0.39 is 0 Å². The summed E-state index contributed by atoms with van der Waals surface area (Å²) in [6, 6.07) is 11.0. The molecular formula is C22H35N3O2. The Morgan fingerprint density at radius 2 is 2.00 bits per heavy atom. The van der Waals surface area contributed by atoms with Gasteiger partial charge in [-0.1, -0.05) is 43.2 Å². The second-order valence-corrected chi connectivity index (χ2v) is 7.92. The first-order valence-corrected chi connectivity index (χ1v) is 10.4. The lowest BCUT2D eigenvalue weighted by atomic mass is 9.79. The van der Waals surface area contributed by atoms with Gasteiger partial charge in [0, 0.05) is 45.1 Å². The van der Waals surface area contributed by atoms with Gasteiger partial charge in [0.05, 0.1) is 19.8 Å². The molecule has 2 fully saturated rings. The minimum absolute atomic E-state index is 0.250. The van der Waals surface area contributed by atoms with Crippen molar-refractivity contribution in [1.29, 1.82) is 0 Å². The Morgan fingerprint density at radius 1 is 1.22 bits per heavy atom. The first-order chi connectivity index (χ1) is 13.3. The summed E-state index contributed by atoms with van der Waals surface area (Å²) in [5.74, 6) is 1.62. The summed E-state index contributed by atoms with van der Waals surface area (Å²) in [6.45, 7) is 5.20. The highest BCUT2D eigenvalue weighted by Gasteiger charge is 2.36. The van der Waals surface area contributed by atoms with Crippen molar-refractivity contribution in [1.82, 2.24) is 10.2 Å². The van der Waals surface area contributed by atoms with Crippen molar-refractivity contribution in [2.75, 3.05) is 53.6 Å². The molecular weight excluding hydrogens is 338 g/mol. The molecule has 1 N–H and O–H groups in total. The summed E-state index contributed by atoms with van der Waals surface area (Å²) in [5, 5.41) is 3.70. The van der Waals surface area contributed by atoms with E-state index in [4.69, 9.17) is 9.47 Å². The van der Waals surface area contributed by atoms with Gasteiger partial charge in [-0.3, -0.25) is 4.99 Å². The Labute approximate surface area is 164 Å². The van der Waals surface area contributed by atoms with E-state index in [1.165, 1.54) is 31.2 Å². The first kappa shape index (κ1) is 20.2. The SMILES string of the molecule is CN=C(NCC1(c2ccccc2)CCCC1)N1CCC(COCCOC)C1. The van der Waals surface area contributed by atoms with Crippen molar-refractivity contribution in [3.8, 4) is 0 Å². The van der Waals surface area contributed by atoms with Gasteiger partial charge < -0.3 is 19.7 Å². The number of rotatable bonds is 8. The van der Waals surface area contributed by atoms with Crippen LogP contribution >= 0.6 is 0 Å². The molecule has 0 aromatic heterocycles. The van der Waals surface area contributed by atoms with E-state index in [0.29, 0.717) is 19.1 Å². The Kier molecular flexibility index (Phi) is 7.53. The molecule has 0 spiro atoms. The minimum Gasteiger partial charge on any atom is -0.382 e. The second-order valence-electron chi connectivity index (χ2n) is 7.92. The highest BCUT2D eigenvalue weighted by atomic mass is 16.5. The van der Waals surface area contributed by atoms with Gasteiger partial charge in [0.15, 0.2) is 5.96 Å². The van der Waals surface area contributed by atoms with Crippen molar-refractivity contribution >= 4 is 5.96 Å². The standard InChI is InChI=1S/C22H35N3O2/c1-23-21(25-13-10-19(16-25)17-27-15-14-26-2)24-18-22(11-6-7-12-22)20-8-4-3-5-9-20/h3-5,8-9,19H,6-7,10-18H2,1-2H3,(H,23,24). The summed E-state index contributed by atoms with van der Waals surface area (Å²) in [7, 11) is 3.61. The monoisotopic (exact) mass is 373 g/mol. The van der Waals surface area contributed by atoms with Crippen LogP contribution < -0.4 is 5.32 Å². The molecule has 1 unspecified atom stereocenters. The molecule has 1 atom stereocenters. The molecule has 0 amide bonds. The van der Waals surface area contributed by atoms with Crippen molar-refractivity contribution in [2.45, 2.75) is 37.5 Å². The molecule has 1 aromatic rings. The van der Waals surface area contributed by atoms with Gasteiger partial charge in [0.2, 0.25) is 0 Å². The number of benzene rings is 1. The third-order valence-corrected chi connectivity index (χ3v) is 6.11. The number of hydrogen-bond acceptors (Lipinski definition) is 3. The lowest BCUT2D eigenvalue weighted by molar-refractivity contribution is 0.0536. The maximum absolute atomic E-state index is 5.72. The number of nitrogens with one attached hydrogen (secondary N) is 1. The number of likely N-dealkylation sites (tertiary alicyclic amines) is 1. The fraction of sp³-hybridized carbons (Fsp3) is 0.682. The maximum atomic E-state index is 5.72. The lowest BCUT2D eigenvalue weighted by Gasteiger charge is -2.32. The molecule has 1 aromatic carbocycles. The van der Waals surface area contributed by atoms with E-state index >= 15 is 0 Å². The Hall–Kier alpha value is -1.59. The summed E-state index contributed by atoms with van der Waals surface area (Å²) in [6.07, 6.45) is 6.32. The summed E-state index contributed by atoms with van der Waals surface area (Å²) >= 11 is 0. The minimum atomic E-state index is 0.250. The van der Waals surface area contributed by atoms with Crippen LogP contribution in [0, 0.1) is 5.92 Å². The van der Waals surface area contributed by atoms with E-state index in [-0.39, 0.29) is 5.41 Å². The highest BCUT2D eigenvalue weighted by Crippen LogP contribution is 2.40. The maximum Gasteiger partial charge on any atom is 0.193 e. The van der Waals surface area contributed by atoms with Crippen LogP contribution in [0.25, 0.3) is 0 Å². The van der Waals surface area contributed by atoms with Crippen LogP contribution in [-0.2, 0) is 14.9 Å². The van der Waals surface area contributed by atoms with Crippen molar-refractivity contribution in [2.24, 2.45) is 10.9 Å². The Bertz CT molecular complexity index is 584. The smallest absolute Gasteiger partial charge is 0.193 e. The number of ether oxygens (including phenoxy) is 2. The average Bonchev–Trinajstić information content (AvgIpc) is 3.37. The number of aliphatic imine (C=N–C) groups is 1. The molecule has 0 radical (unpaired) electrons. The Morgan fingerprint density at radius 3 is 2.70 bits per heavy atom. The van der Waals surface area contributed by atoms with Crippen molar-refractivity contribution < 1.29 is 9.47 Å². The zero-order chi connectivity index (χ0) is 19.0. The van der Waals surface area contributed by atoms with Crippen LogP contribution in [0.4, 0.5) is 0 Å². The number of nitrogens with zero attached hydrogens (tertiary/aromatic N) is 2. The van der Waals surface area contributed by atoms with E-state index in [0.717, 1.165) is 38.6 Å². The highest BCUT2D eigenvalue weighted by molar-refractivity contribution is 5.80. The quantitative estimate of drug-likeness (QED) is 0.432. The topological polar surface area (TPSA) is 46.1 Å². The molecule has 1 saturated carbocycles. The van der Waals surface area contributed by atoms with E-state index in [9.17, 15) is 0 Å². The van der Waals surface area contributed by atoms with Gasteiger partial charge in [0.1, 0.15) is 0 Å². The first-order valence-electron chi connectivity index (χ1n) is 10.4. The van der Waals surface area contributed by atoms with Gasteiger partial charge >= 0.3 is 0 Å². The molecule has 27 heavy (non-hydrogen) atoms. The predicted molar refractivity (Wildman–Crippen MR) is 110 cm³/mol. The van der Waals surface area contributed by atoms with Crippen molar-refractivity contribution in [3.05, 3.63) is 35.9 Å². The molecule has 1 aliphatic heterocycles. The van der Waals surface area contributed by atoms with Crippen LogP contribution in [0.15, 0.2) is 35.3 Å². The lowest BCUT2D eigenvalue weighted by Crippen LogP contribution is -2.46. The summed E-state index contributed by atoms with van der Waals surface area (Å²) in [4.78, 5) is 6.96. The van der Waals surface area contributed by atoms with E-state index in [2.05, 4.69) is 45.5 Å². The van der Waals surface area contributed by atoms with Gasteiger partial charge in [-0.05, 0) is 24.8 Å². The van der Waals surface area contributed by atoms with Gasteiger partial charge in [-0.2, -0.15) is 0 Å².